The molecule has 0 amide bonds. The van der Waals surface area contributed by atoms with Crippen molar-refractivity contribution in [3.05, 3.63) is 35.9 Å². The van der Waals surface area contributed by atoms with Gasteiger partial charge in [-0.15, -0.1) is 0 Å². The normalized spacial score (nSPS) is 23.1. The van der Waals surface area contributed by atoms with Crippen LogP contribution in [0.1, 0.15) is 37.7 Å². The highest BCUT2D eigenvalue weighted by Gasteiger charge is 2.43. The van der Waals surface area contributed by atoms with Gasteiger partial charge in [0.15, 0.2) is 0 Å². The molecule has 0 radical (unpaired) electrons. The molecule has 2 rings (SSSR count). The number of hydrogen-bond acceptors (Lipinski definition) is 3. The second-order valence-electron chi connectivity index (χ2n) is 4.80. The van der Waals surface area contributed by atoms with Gasteiger partial charge in [-0.05, 0) is 24.8 Å². The van der Waals surface area contributed by atoms with E-state index in [1.165, 1.54) is 7.11 Å². The third-order valence-electron chi connectivity index (χ3n) is 3.85. The highest BCUT2D eigenvalue weighted by Crippen LogP contribution is 2.41. The first kappa shape index (κ1) is 12.8. The lowest BCUT2D eigenvalue weighted by atomic mass is 9.74. The summed E-state index contributed by atoms with van der Waals surface area (Å²) in [5, 5.41) is 0. The Labute approximate surface area is 107 Å². The number of ketones is 1. The summed E-state index contributed by atoms with van der Waals surface area (Å²) in [7, 11) is 1.38. The molecule has 0 heterocycles. The molecule has 0 aromatic heterocycles. The van der Waals surface area contributed by atoms with Crippen molar-refractivity contribution in [2.24, 2.45) is 0 Å². The molecule has 1 unspecified atom stereocenters. The number of hydrogen-bond donors (Lipinski definition) is 0. The van der Waals surface area contributed by atoms with Gasteiger partial charge < -0.3 is 4.74 Å². The lowest BCUT2D eigenvalue weighted by Crippen LogP contribution is -2.31. The fraction of sp³-hybridized carbons (Fsp3) is 0.467. The Morgan fingerprint density at radius 1 is 1.33 bits per heavy atom. The Morgan fingerprint density at radius 2 is 2.06 bits per heavy atom. The van der Waals surface area contributed by atoms with Crippen LogP contribution >= 0.6 is 0 Å². The van der Waals surface area contributed by atoms with Crippen LogP contribution in [-0.4, -0.2) is 18.9 Å². The van der Waals surface area contributed by atoms with Gasteiger partial charge in [0.05, 0.1) is 12.5 Å². The van der Waals surface area contributed by atoms with Crippen LogP contribution in [-0.2, 0) is 19.7 Å². The number of Topliss-reactive ketones (excluding diaryl/α,β-unsaturated/α-hetero) is 1. The van der Waals surface area contributed by atoms with E-state index in [0.29, 0.717) is 19.3 Å². The summed E-state index contributed by atoms with van der Waals surface area (Å²) in [6, 6.07) is 9.81. The largest absolute Gasteiger partial charge is 0.469 e. The summed E-state index contributed by atoms with van der Waals surface area (Å²) in [5.41, 5.74) is 0.575. The van der Waals surface area contributed by atoms with Crippen molar-refractivity contribution in [2.75, 3.05) is 7.11 Å². The molecule has 1 aromatic carbocycles. The summed E-state index contributed by atoms with van der Waals surface area (Å²) in [4.78, 5) is 23.6. The van der Waals surface area contributed by atoms with Crippen molar-refractivity contribution in [2.45, 2.75) is 37.5 Å². The molecule has 0 aliphatic heterocycles. The number of carbonyl (C=O) groups excluding carboxylic acids is 2. The second-order valence-corrected chi connectivity index (χ2v) is 4.80. The maximum Gasteiger partial charge on any atom is 0.305 e. The molecule has 3 nitrogen and oxygen atoms in total. The number of ether oxygens (including phenoxy) is 1. The van der Waals surface area contributed by atoms with Gasteiger partial charge in [0, 0.05) is 12.8 Å². The van der Waals surface area contributed by atoms with Crippen LogP contribution in [0.25, 0.3) is 0 Å². The molecule has 0 saturated heterocycles. The Hall–Kier alpha value is -1.64. The zero-order chi connectivity index (χ0) is 13.0. The van der Waals surface area contributed by atoms with Crippen LogP contribution in [0.3, 0.4) is 0 Å². The average Bonchev–Trinajstić information content (AvgIpc) is 2.79. The van der Waals surface area contributed by atoms with Gasteiger partial charge in [-0.25, -0.2) is 0 Å². The number of methoxy groups -OCH3 is 1. The van der Waals surface area contributed by atoms with E-state index in [9.17, 15) is 9.59 Å². The molecule has 1 saturated carbocycles. The minimum Gasteiger partial charge on any atom is -0.469 e. The highest BCUT2D eigenvalue weighted by molar-refractivity contribution is 5.92. The van der Waals surface area contributed by atoms with Crippen molar-refractivity contribution in [1.82, 2.24) is 0 Å². The van der Waals surface area contributed by atoms with E-state index < -0.39 is 5.41 Å². The SMILES string of the molecule is COC(=O)CCC1(c2ccccc2)CCCC1=O. The Morgan fingerprint density at radius 3 is 2.61 bits per heavy atom. The third kappa shape index (κ3) is 2.30. The van der Waals surface area contributed by atoms with E-state index in [0.717, 1.165) is 18.4 Å². The van der Waals surface area contributed by atoms with E-state index in [1.54, 1.807) is 0 Å². The van der Waals surface area contributed by atoms with Crippen LogP contribution in [0, 0.1) is 0 Å². The van der Waals surface area contributed by atoms with Gasteiger partial charge in [-0.2, -0.15) is 0 Å². The zero-order valence-corrected chi connectivity index (χ0v) is 10.6. The van der Waals surface area contributed by atoms with Gasteiger partial charge in [0.25, 0.3) is 0 Å². The Balaban J connectivity index is 2.25. The summed E-state index contributed by atoms with van der Waals surface area (Å²) in [6.07, 6.45) is 3.23. The fourth-order valence-electron chi connectivity index (χ4n) is 2.82. The lowest BCUT2D eigenvalue weighted by Gasteiger charge is -2.27. The van der Waals surface area contributed by atoms with E-state index in [4.69, 9.17) is 0 Å². The van der Waals surface area contributed by atoms with E-state index in [-0.39, 0.29) is 11.8 Å². The maximum atomic E-state index is 12.2. The first-order chi connectivity index (χ1) is 8.69. The fourth-order valence-corrected chi connectivity index (χ4v) is 2.82. The third-order valence-corrected chi connectivity index (χ3v) is 3.85. The Bertz CT molecular complexity index is 438. The number of carbonyl (C=O) groups is 2. The number of esters is 1. The molecule has 1 aliphatic rings. The van der Waals surface area contributed by atoms with Crippen molar-refractivity contribution in [3.63, 3.8) is 0 Å². The smallest absolute Gasteiger partial charge is 0.305 e. The summed E-state index contributed by atoms with van der Waals surface area (Å²) < 4.78 is 4.68. The molecular weight excluding hydrogens is 228 g/mol. The van der Waals surface area contributed by atoms with E-state index in [1.807, 2.05) is 30.3 Å². The average molecular weight is 246 g/mol. The molecular formula is C15H18O3. The van der Waals surface area contributed by atoms with Crippen molar-refractivity contribution < 1.29 is 14.3 Å². The highest BCUT2D eigenvalue weighted by atomic mass is 16.5. The molecule has 1 aliphatic carbocycles. The van der Waals surface area contributed by atoms with Gasteiger partial charge >= 0.3 is 5.97 Å². The lowest BCUT2D eigenvalue weighted by molar-refractivity contribution is -0.141. The van der Waals surface area contributed by atoms with Crippen molar-refractivity contribution in [1.29, 1.82) is 0 Å². The second kappa shape index (κ2) is 5.34. The van der Waals surface area contributed by atoms with Gasteiger partial charge in [0.2, 0.25) is 0 Å². The molecule has 0 bridgehead atoms. The van der Waals surface area contributed by atoms with Crippen LogP contribution in [0.4, 0.5) is 0 Å². The topological polar surface area (TPSA) is 43.4 Å². The maximum absolute atomic E-state index is 12.2. The van der Waals surface area contributed by atoms with Gasteiger partial charge in [-0.1, -0.05) is 30.3 Å². The summed E-state index contributed by atoms with van der Waals surface area (Å²) in [5.74, 6) is 0.0163. The summed E-state index contributed by atoms with van der Waals surface area (Å²) in [6.45, 7) is 0. The first-order valence-corrected chi connectivity index (χ1v) is 6.35. The van der Waals surface area contributed by atoms with Crippen LogP contribution in [0.15, 0.2) is 30.3 Å². The van der Waals surface area contributed by atoms with Crippen molar-refractivity contribution >= 4 is 11.8 Å². The van der Waals surface area contributed by atoms with Gasteiger partial charge in [0.1, 0.15) is 5.78 Å². The van der Waals surface area contributed by atoms with Crippen molar-refractivity contribution in [3.8, 4) is 0 Å². The molecule has 3 heteroatoms. The predicted octanol–water partition coefficient (Wildman–Crippen LogP) is 2.63. The monoisotopic (exact) mass is 246 g/mol. The number of rotatable bonds is 4. The van der Waals surface area contributed by atoms with Crippen LogP contribution < -0.4 is 0 Å². The molecule has 18 heavy (non-hydrogen) atoms. The molecule has 1 fully saturated rings. The zero-order valence-electron chi connectivity index (χ0n) is 10.6. The van der Waals surface area contributed by atoms with Crippen LogP contribution in [0.2, 0.25) is 0 Å². The molecule has 96 valence electrons. The molecule has 0 spiro atoms. The predicted molar refractivity (Wildman–Crippen MR) is 68.2 cm³/mol. The number of benzene rings is 1. The minimum atomic E-state index is -0.463. The van der Waals surface area contributed by atoms with Gasteiger partial charge in [-0.3, -0.25) is 9.59 Å². The van der Waals surface area contributed by atoms with Crippen LogP contribution in [0.5, 0.6) is 0 Å². The van der Waals surface area contributed by atoms with E-state index in [2.05, 4.69) is 4.74 Å². The standard InChI is InChI=1S/C15H18O3/c1-18-14(17)9-11-15(10-5-8-13(15)16)12-6-3-2-4-7-12/h2-4,6-7H,5,8-11H2,1H3. The molecule has 0 N–H and O–H groups in total. The molecule has 1 aromatic rings. The molecule has 1 atom stereocenters. The van der Waals surface area contributed by atoms with E-state index >= 15 is 0 Å². The summed E-state index contributed by atoms with van der Waals surface area (Å²) >= 11 is 0. The minimum absolute atomic E-state index is 0.245. The quantitative estimate of drug-likeness (QED) is 0.767. The Kier molecular flexibility index (Phi) is 3.80. The first-order valence-electron chi connectivity index (χ1n) is 6.35.